The first-order valence-corrected chi connectivity index (χ1v) is 5.83. The second kappa shape index (κ2) is 5.53. The molecule has 0 aliphatic carbocycles. The van der Waals surface area contributed by atoms with Crippen LogP contribution in [0.4, 0.5) is 5.69 Å². The Morgan fingerprint density at radius 3 is 2.63 bits per heavy atom. The third-order valence-electron chi connectivity index (χ3n) is 2.51. The molecule has 1 aromatic carbocycles. The first-order valence-electron chi connectivity index (χ1n) is 5.83. The number of hydrogen-bond donors (Lipinski definition) is 1. The first-order chi connectivity index (χ1) is 9.08. The lowest BCUT2D eigenvalue weighted by atomic mass is 10.3. The molecule has 0 spiro atoms. The minimum atomic E-state index is -0.440. The van der Waals surface area contributed by atoms with Crippen molar-refractivity contribution in [1.82, 2.24) is 25.5 Å². The van der Waals surface area contributed by atoms with Gasteiger partial charge in [0.1, 0.15) is 0 Å². The Bertz CT molecular complexity index is 563. The molecule has 0 saturated carbocycles. The summed E-state index contributed by atoms with van der Waals surface area (Å²) in [5, 5.41) is 25.2. The molecule has 1 aromatic heterocycles. The molecule has 0 atom stereocenters. The Morgan fingerprint density at radius 2 is 2.05 bits per heavy atom. The molecule has 2 rings (SSSR count). The first kappa shape index (κ1) is 13.1. The fraction of sp³-hybridized carbons (Fsp3) is 0.364. The molecule has 8 heteroatoms. The van der Waals surface area contributed by atoms with E-state index in [4.69, 9.17) is 0 Å². The molecule has 0 aliphatic heterocycles. The van der Waals surface area contributed by atoms with Gasteiger partial charge in [-0.25, -0.2) is 0 Å². The second-order valence-electron chi connectivity index (χ2n) is 4.32. The number of tetrazole rings is 1. The van der Waals surface area contributed by atoms with Crippen molar-refractivity contribution in [3.8, 4) is 5.69 Å². The highest BCUT2D eigenvalue weighted by Crippen LogP contribution is 2.15. The number of nitro groups is 1. The summed E-state index contributed by atoms with van der Waals surface area (Å²) in [7, 11) is 0. The van der Waals surface area contributed by atoms with Crippen LogP contribution in [-0.4, -0.2) is 31.2 Å². The predicted molar refractivity (Wildman–Crippen MR) is 67.8 cm³/mol. The zero-order valence-electron chi connectivity index (χ0n) is 10.6. The van der Waals surface area contributed by atoms with Crippen molar-refractivity contribution in [1.29, 1.82) is 0 Å². The quantitative estimate of drug-likeness (QED) is 0.639. The van der Waals surface area contributed by atoms with Crippen LogP contribution in [-0.2, 0) is 6.54 Å². The van der Waals surface area contributed by atoms with E-state index in [1.165, 1.54) is 12.1 Å². The average molecular weight is 262 g/mol. The van der Waals surface area contributed by atoms with E-state index in [1.54, 1.807) is 16.8 Å². The Balaban J connectivity index is 2.22. The van der Waals surface area contributed by atoms with Crippen LogP contribution >= 0.6 is 0 Å². The van der Waals surface area contributed by atoms with Crippen LogP contribution in [0.2, 0.25) is 0 Å². The lowest BCUT2D eigenvalue weighted by Gasteiger charge is -2.08. The number of rotatable bonds is 5. The SMILES string of the molecule is CC(C)NCc1nnnn1-c1ccc([N+](=O)[O-])cc1. The van der Waals surface area contributed by atoms with Crippen molar-refractivity contribution in [2.24, 2.45) is 0 Å². The van der Waals surface area contributed by atoms with E-state index in [2.05, 4.69) is 20.8 Å². The fourth-order valence-corrected chi connectivity index (χ4v) is 1.53. The maximum atomic E-state index is 10.6. The third-order valence-corrected chi connectivity index (χ3v) is 2.51. The zero-order valence-corrected chi connectivity index (χ0v) is 10.6. The maximum absolute atomic E-state index is 10.6. The zero-order chi connectivity index (χ0) is 13.8. The van der Waals surface area contributed by atoms with Crippen LogP contribution in [0.5, 0.6) is 0 Å². The molecular formula is C11H14N6O2. The van der Waals surface area contributed by atoms with Crippen LogP contribution in [0.15, 0.2) is 24.3 Å². The van der Waals surface area contributed by atoms with Gasteiger partial charge in [-0.3, -0.25) is 10.1 Å². The Hall–Kier alpha value is -2.35. The largest absolute Gasteiger partial charge is 0.308 e. The number of hydrogen-bond acceptors (Lipinski definition) is 6. The van der Waals surface area contributed by atoms with E-state index < -0.39 is 4.92 Å². The van der Waals surface area contributed by atoms with Crippen molar-refractivity contribution in [2.45, 2.75) is 26.4 Å². The summed E-state index contributed by atoms with van der Waals surface area (Å²) in [5.41, 5.74) is 0.731. The molecule has 1 heterocycles. The molecule has 1 N–H and O–H groups in total. The van der Waals surface area contributed by atoms with E-state index in [-0.39, 0.29) is 5.69 Å². The summed E-state index contributed by atoms with van der Waals surface area (Å²) in [6.07, 6.45) is 0. The van der Waals surface area contributed by atoms with Gasteiger partial charge in [0.15, 0.2) is 5.82 Å². The minimum Gasteiger partial charge on any atom is -0.308 e. The van der Waals surface area contributed by atoms with Crippen LogP contribution in [0.1, 0.15) is 19.7 Å². The van der Waals surface area contributed by atoms with Gasteiger partial charge < -0.3 is 5.32 Å². The number of nitro benzene ring substituents is 1. The highest BCUT2D eigenvalue weighted by atomic mass is 16.6. The van der Waals surface area contributed by atoms with E-state index in [9.17, 15) is 10.1 Å². The standard InChI is InChI=1S/C11H14N6O2/c1-8(2)12-7-11-13-14-15-16(11)9-3-5-10(6-4-9)17(18)19/h3-6,8,12H,7H2,1-2H3. The average Bonchev–Trinajstić information content (AvgIpc) is 2.84. The van der Waals surface area contributed by atoms with Crippen LogP contribution < -0.4 is 5.32 Å². The van der Waals surface area contributed by atoms with Crippen molar-refractivity contribution in [2.75, 3.05) is 0 Å². The van der Waals surface area contributed by atoms with Crippen LogP contribution in [0, 0.1) is 10.1 Å². The normalized spacial score (nSPS) is 10.9. The lowest BCUT2D eigenvalue weighted by Crippen LogP contribution is -2.24. The van der Waals surface area contributed by atoms with Crippen LogP contribution in [0.3, 0.4) is 0 Å². The summed E-state index contributed by atoms with van der Waals surface area (Å²) >= 11 is 0. The van der Waals surface area contributed by atoms with Gasteiger partial charge in [0.25, 0.3) is 5.69 Å². The monoisotopic (exact) mass is 262 g/mol. The minimum absolute atomic E-state index is 0.0404. The summed E-state index contributed by atoms with van der Waals surface area (Å²) < 4.78 is 1.55. The summed E-state index contributed by atoms with van der Waals surface area (Å²) in [6, 6.07) is 6.41. The summed E-state index contributed by atoms with van der Waals surface area (Å²) in [5.74, 6) is 0.655. The number of nitrogens with one attached hydrogen (secondary N) is 1. The summed E-state index contributed by atoms with van der Waals surface area (Å²) in [6.45, 7) is 4.59. The summed E-state index contributed by atoms with van der Waals surface area (Å²) in [4.78, 5) is 10.2. The molecule has 0 saturated heterocycles. The van der Waals surface area contributed by atoms with E-state index in [1.807, 2.05) is 13.8 Å². The number of aromatic nitrogens is 4. The predicted octanol–water partition coefficient (Wildman–Crippen LogP) is 1.07. The van der Waals surface area contributed by atoms with Crippen molar-refractivity contribution >= 4 is 5.69 Å². The molecule has 100 valence electrons. The number of nitrogens with zero attached hydrogens (tertiary/aromatic N) is 5. The molecule has 8 nitrogen and oxygen atoms in total. The molecule has 0 aliphatic rings. The molecular weight excluding hydrogens is 248 g/mol. The maximum Gasteiger partial charge on any atom is 0.269 e. The van der Waals surface area contributed by atoms with Gasteiger partial charge in [0, 0.05) is 18.2 Å². The second-order valence-corrected chi connectivity index (χ2v) is 4.32. The van der Waals surface area contributed by atoms with Crippen molar-refractivity contribution in [3.05, 3.63) is 40.2 Å². The van der Waals surface area contributed by atoms with Gasteiger partial charge in [-0.1, -0.05) is 13.8 Å². The molecule has 0 amide bonds. The molecule has 2 aromatic rings. The fourth-order valence-electron chi connectivity index (χ4n) is 1.53. The van der Waals surface area contributed by atoms with Gasteiger partial charge >= 0.3 is 0 Å². The van der Waals surface area contributed by atoms with Gasteiger partial charge in [-0.2, -0.15) is 4.68 Å². The smallest absolute Gasteiger partial charge is 0.269 e. The van der Waals surface area contributed by atoms with Crippen molar-refractivity contribution in [3.63, 3.8) is 0 Å². The third kappa shape index (κ3) is 3.10. The topological polar surface area (TPSA) is 98.8 Å². The Kier molecular flexibility index (Phi) is 3.81. The van der Waals surface area contributed by atoms with Gasteiger partial charge in [-0.05, 0) is 22.6 Å². The van der Waals surface area contributed by atoms with Gasteiger partial charge in [-0.15, -0.1) is 5.10 Å². The van der Waals surface area contributed by atoms with Gasteiger partial charge in [0.05, 0.1) is 17.2 Å². The van der Waals surface area contributed by atoms with Gasteiger partial charge in [0.2, 0.25) is 0 Å². The highest BCUT2D eigenvalue weighted by Gasteiger charge is 2.10. The van der Waals surface area contributed by atoms with Crippen molar-refractivity contribution < 1.29 is 4.92 Å². The molecule has 0 bridgehead atoms. The highest BCUT2D eigenvalue weighted by molar-refractivity contribution is 5.40. The molecule has 0 fully saturated rings. The number of benzene rings is 1. The van der Waals surface area contributed by atoms with Crippen LogP contribution in [0.25, 0.3) is 5.69 Å². The molecule has 0 radical (unpaired) electrons. The molecule has 19 heavy (non-hydrogen) atoms. The lowest BCUT2D eigenvalue weighted by molar-refractivity contribution is -0.384. The van der Waals surface area contributed by atoms with E-state index >= 15 is 0 Å². The Morgan fingerprint density at radius 1 is 1.37 bits per heavy atom. The van der Waals surface area contributed by atoms with E-state index in [0.717, 1.165) is 0 Å². The number of non-ortho nitro benzene ring substituents is 1. The molecule has 0 unspecified atom stereocenters. The Labute approximate surface area is 109 Å². The van der Waals surface area contributed by atoms with E-state index in [0.29, 0.717) is 24.1 Å².